The fourth-order valence-electron chi connectivity index (χ4n) is 5.39. The van der Waals surface area contributed by atoms with Crippen molar-refractivity contribution in [2.45, 2.75) is 44.2 Å². The minimum absolute atomic E-state index is 0.187. The van der Waals surface area contributed by atoms with Crippen molar-refractivity contribution in [2.24, 2.45) is 0 Å². The van der Waals surface area contributed by atoms with E-state index in [2.05, 4.69) is 25.6 Å². The molecule has 4 heterocycles. The first kappa shape index (κ1) is 29.1. The van der Waals surface area contributed by atoms with E-state index < -0.39 is 54.6 Å². The molecule has 2 aromatic carbocycles. The topological polar surface area (TPSA) is 170 Å². The number of rotatable bonds is 8. The average Bonchev–Trinajstić information content (AvgIpc) is 3.72. The normalized spacial score (nSPS) is 22.5. The molecule has 2 aliphatic rings. The first-order valence-corrected chi connectivity index (χ1v) is 13.8. The maximum Gasteiger partial charge on any atom is 0.337 e. The highest BCUT2D eigenvalue weighted by molar-refractivity contribution is 6.02. The molecule has 14 nitrogen and oxygen atoms in total. The summed E-state index contributed by atoms with van der Waals surface area (Å²) in [5.41, 5.74) is 0.689. The van der Waals surface area contributed by atoms with E-state index in [-0.39, 0.29) is 23.5 Å². The van der Waals surface area contributed by atoms with Crippen molar-refractivity contribution in [1.29, 1.82) is 0 Å². The third kappa shape index (κ3) is 5.32. The standard InChI is InChI=1S/C29H28FN7O7/c1-3-31-29(41)35-24-20-25(33-13-32-24)37(14-34-20)26-23-22(43-28(44-23)15-8-5-4-6-9-15)18(42-26)12-19(38)36(2)21-16(27(39)40)10-7-11-17(21)30/h4-11,13-14,18,22-23,26,28H,3,12H2,1-2H3,(H,39,40)(H2,31,32,33,35,41)/t18?,22?,23?,26?,28-/m0/s1. The van der Waals surface area contributed by atoms with Crippen LogP contribution in [0.1, 0.15) is 41.8 Å². The Hall–Kier alpha value is -4.99. The Morgan fingerprint density at radius 2 is 1.80 bits per heavy atom. The van der Waals surface area contributed by atoms with Crippen molar-refractivity contribution in [3.63, 3.8) is 0 Å². The summed E-state index contributed by atoms with van der Waals surface area (Å²) < 4.78 is 35.3. The number of carbonyl (C=O) groups excluding carboxylic acids is 2. The van der Waals surface area contributed by atoms with Gasteiger partial charge >= 0.3 is 12.0 Å². The summed E-state index contributed by atoms with van der Waals surface area (Å²) in [6, 6.07) is 12.4. The summed E-state index contributed by atoms with van der Waals surface area (Å²) in [6.45, 7) is 2.20. The second-order valence-electron chi connectivity index (χ2n) is 10.1. The molecule has 6 rings (SSSR count). The number of fused-ring (bicyclic) bond motifs is 2. The fourth-order valence-corrected chi connectivity index (χ4v) is 5.39. The monoisotopic (exact) mass is 605 g/mol. The van der Waals surface area contributed by atoms with E-state index in [1.807, 2.05) is 30.3 Å². The zero-order valence-corrected chi connectivity index (χ0v) is 23.6. The van der Waals surface area contributed by atoms with Crippen LogP contribution in [0.3, 0.4) is 0 Å². The molecule has 0 spiro atoms. The molecule has 4 unspecified atom stereocenters. The van der Waals surface area contributed by atoms with Crippen LogP contribution in [0.5, 0.6) is 0 Å². The van der Waals surface area contributed by atoms with E-state index in [0.29, 0.717) is 17.7 Å². The Kier molecular flexibility index (Phi) is 7.90. The first-order valence-electron chi connectivity index (χ1n) is 13.8. The molecular formula is C29H28FN7O7. The summed E-state index contributed by atoms with van der Waals surface area (Å²) in [5.74, 6) is -2.63. The molecular weight excluding hydrogens is 577 g/mol. The van der Waals surface area contributed by atoms with Crippen LogP contribution in [0.4, 0.5) is 20.7 Å². The molecule has 3 N–H and O–H groups in total. The van der Waals surface area contributed by atoms with Crippen LogP contribution in [0.2, 0.25) is 0 Å². The summed E-state index contributed by atoms with van der Waals surface area (Å²) in [5, 5.41) is 14.9. The lowest BCUT2D eigenvalue weighted by Crippen LogP contribution is -2.36. The van der Waals surface area contributed by atoms with Crippen molar-refractivity contribution in [1.82, 2.24) is 24.8 Å². The SMILES string of the molecule is CCNC(=O)Nc1ncnc2c1ncn2C1OC(CC(=O)N(C)c2c(F)cccc2C(=O)O)C2O[C@H](c3ccccc3)OC21. The van der Waals surface area contributed by atoms with Crippen LogP contribution in [0.25, 0.3) is 11.2 Å². The number of hydrogen-bond donors (Lipinski definition) is 3. The van der Waals surface area contributed by atoms with Crippen LogP contribution in [-0.2, 0) is 19.0 Å². The molecule has 2 saturated heterocycles. The van der Waals surface area contributed by atoms with Crippen LogP contribution in [0, 0.1) is 5.82 Å². The average molecular weight is 606 g/mol. The number of carbonyl (C=O) groups is 3. The molecule has 4 aromatic rings. The van der Waals surface area contributed by atoms with Gasteiger partial charge in [0.25, 0.3) is 0 Å². The highest BCUT2D eigenvalue weighted by Crippen LogP contribution is 2.46. The van der Waals surface area contributed by atoms with Crippen molar-refractivity contribution in [2.75, 3.05) is 23.8 Å². The van der Waals surface area contributed by atoms with Gasteiger partial charge in [0.15, 0.2) is 29.5 Å². The van der Waals surface area contributed by atoms with E-state index in [4.69, 9.17) is 14.2 Å². The lowest BCUT2D eigenvalue weighted by atomic mass is 10.1. The minimum atomic E-state index is -1.37. The number of halogens is 1. The van der Waals surface area contributed by atoms with Gasteiger partial charge in [0.05, 0.1) is 30.1 Å². The predicted molar refractivity (Wildman–Crippen MR) is 152 cm³/mol. The van der Waals surface area contributed by atoms with Gasteiger partial charge in [-0.1, -0.05) is 36.4 Å². The third-order valence-electron chi connectivity index (χ3n) is 7.42. The number of aromatic carboxylic acids is 1. The van der Waals surface area contributed by atoms with Crippen LogP contribution in [-0.4, -0.2) is 74.4 Å². The zero-order chi connectivity index (χ0) is 31.0. The molecule has 15 heteroatoms. The smallest absolute Gasteiger partial charge is 0.337 e. The Morgan fingerprint density at radius 3 is 2.55 bits per heavy atom. The molecule has 2 aromatic heterocycles. The molecule has 0 bridgehead atoms. The molecule has 5 atom stereocenters. The number of urea groups is 1. The Labute approximate surface area is 249 Å². The molecule has 2 aliphatic heterocycles. The Morgan fingerprint density at radius 1 is 1.02 bits per heavy atom. The van der Waals surface area contributed by atoms with Gasteiger partial charge in [0.1, 0.15) is 24.4 Å². The lowest BCUT2D eigenvalue weighted by molar-refractivity contribution is -0.152. The Bertz CT molecular complexity index is 1720. The number of anilines is 2. The second-order valence-corrected chi connectivity index (χ2v) is 10.1. The van der Waals surface area contributed by atoms with E-state index in [1.165, 1.54) is 31.8 Å². The number of imidazole rings is 1. The van der Waals surface area contributed by atoms with Gasteiger partial charge in [-0.15, -0.1) is 0 Å². The summed E-state index contributed by atoms with van der Waals surface area (Å²) in [4.78, 5) is 51.2. The van der Waals surface area contributed by atoms with Crippen molar-refractivity contribution >= 4 is 40.6 Å². The second kappa shape index (κ2) is 11.9. The van der Waals surface area contributed by atoms with Crippen molar-refractivity contribution in [3.8, 4) is 0 Å². The number of benzene rings is 2. The van der Waals surface area contributed by atoms with Gasteiger partial charge < -0.3 is 29.5 Å². The number of nitrogens with one attached hydrogen (secondary N) is 2. The molecule has 2 fully saturated rings. The highest BCUT2D eigenvalue weighted by Gasteiger charge is 2.54. The van der Waals surface area contributed by atoms with Gasteiger partial charge in [-0.3, -0.25) is 14.7 Å². The van der Waals surface area contributed by atoms with Gasteiger partial charge in [-0.2, -0.15) is 0 Å². The number of ether oxygens (including phenoxy) is 3. The van der Waals surface area contributed by atoms with Crippen LogP contribution in [0.15, 0.2) is 61.2 Å². The number of nitrogens with zero attached hydrogens (tertiary/aromatic N) is 5. The summed E-state index contributed by atoms with van der Waals surface area (Å²) in [6.07, 6.45) is -1.50. The lowest BCUT2D eigenvalue weighted by Gasteiger charge is -2.24. The number of aromatic nitrogens is 4. The van der Waals surface area contributed by atoms with E-state index >= 15 is 0 Å². The van der Waals surface area contributed by atoms with Crippen LogP contribution < -0.4 is 15.5 Å². The Balaban J connectivity index is 1.31. The zero-order valence-electron chi connectivity index (χ0n) is 23.6. The van der Waals surface area contributed by atoms with E-state index in [9.17, 15) is 23.9 Å². The summed E-state index contributed by atoms with van der Waals surface area (Å²) in [7, 11) is 1.30. The first-order chi connectivity index (χ1) is 21.3. The summed E-state index contributed by atoms with van der Waals surface area (Å²) >= 11 is 0. The number of carboxylic acids is 1. The highest BCUT2D eigenvalue weighted by atomic mass is 19.1. The van der Waals surface area contributed by atoms with Gasteiger partial charge in [-0.25, -0.2) is 28.9 Å². The predicted octanol–water partition coefficient (Wildman–Crippen LogP) is 3.24. The van der Waals surface area contributed by atoms with E-state index in [1.54, 1.807) is 11.5 Å². The van der Waals surface area contributed by atoms with Gasteiger partial charge in [-0.05, 0) is 19.1 Å². The van der Waals surface area contributed by atoms with Gasteiger partial charge in [0.2, 0.25) is 5.91 Å². The molecule has 44 heavy (non-hydrogen) atoms. The quantitative estimate of drug-likeness (QED) is 0.271. The molecule has 0 saturated carbocycles. The molecule has 3 amide bonds. The number of hydrogen-bond acceptors (Lipinski definition) is 9. The third-order valence-corrected chi connectivity index (χ3v) is 7.42. The number of amides is 3. The van der Waals surface area contributed by atoms with Crippen molar-refractivity contribution in [3.05, 3.63) is 78.1 Å². The van der Waals surface area contributed by atoms with Gasteiger partial charge in [0, 0.05) is 19.2 Å². The largest absolute Gasteiger partial charge is 0.478 e. The van der Waals surface area contributed by atoms with Crippen molar-refractivity contribution < 1.29 is 38.1 Å². The maximum absolute atomic E-state index is 14.8. The van der Waals surface area contributed by atoms with Crippen LogP contribution >= 0.6 is 0 Å². The molecule has 228 valence electrons. The number of para-hydroxylation sites is 1. The fraction of sp³-hybridized carbons (Fsp3) is 0.310. The molecule has 0 aliphatic carbocycles. The molecule has 0 radical (unpaired) electrons. The maximum atomic E-state index is 14.8. The number of carboxylic acid groups (broad SMARTS) is 1. The minimum Gasteiger partial charge on any atom is -0.478 e. The van der Waals surface area contributed by atoms with E-state index in [0.717, 1.165) is 16.5 Å².